The number of aliphatic hydroxyl groups is 1. The summed E-state index contributed by atoms with van der Waals surface area (Å²) in [7, 11) is 0. The Kier molecular flexibility index (Phi) is 5.49. The number of benzene rings is 1. The number of carbonyl (C=O) groups excluding carboxylic acids is 1. The van der Waals surface area contributed by atoms with Crippen LogP contribution in [0.1, 0.15) is 47.7 Å². The molecule has 3 aromatic rings. The van der Waals surface area contributed by atoms with E-state index in [2.05, 4.69) is 10.2 Å². The van der Waals surface area contributed by atoms with Crippen LogP contribution in [0.3, 0.4) is 0 Å². The molecule has 2 heterocycles. The summed E-state index contributed by atoms with van der Waals surface area (Å²) >= 11 is 6.10. The molecule has 3 N–H and O–H groups in total. The molecule has 0 aliphatic carbocycles. The Hall–Kier alpha value is -3.15. The first-order chi connectivity index (χ1) is 13.3. The van der Waals surface area contributed by atoms with Gasteiger partial charge in [-0.05, 0) is 38.1 Å². The van der Waals surface area contributed by atoms with Crippen molar-refractivity contribution in [2.24, 2.45) is 5.73 Å². The number of halogens is 1. The number of hydrogen-bond acceptors (Lipinski definition) is 5. The minimum Gasteiger partial charge on any atom is -0.387 e. The van der Waals surface area contributed by atoms with Gasteiger partial charge in [0.15, 0.2) is 0 Å². The first-order valence-corrected chi connectivity index (χ1v) is 8.98. The van der Waals surface area contributed by atoms with Gasteiger partial charge in [0.05, 0.1) is 40.7 Å². The number of amides is 1. The van der Waals surface area contributed by atoms with Crippen LogP contribution in [0.4, 0.5) is 0 Å². The number of nitrogens with two attached hydrogens (primary N) is 1. The maximum atomic E-state index is 11.4. The maximum Gasteiger partial charge on any atom is 0.269 e. The number of primary amides is 1. The quantitative estimate of drug-likeness (QED) is 0.660. The van der Waals surface area contributed by atoms with Crippen LogP contribution in [0.15, 0.2) is 36.5 Å². The fraction of sp³-hybridized carbons (Fsp3) is 0.263. The van der Waals surface area contributed by atoms with Crippen molar-refractivity contribution in [2.75, 3.05) is 0 Å². The van der Waals surface area contributed by atoms with E-state index >= 15 is 0 Å². The summed E-state index contributed by atoms with van der Waals surface area (Å²) in [6.07, 6.45) is 1.02. The third-order valence-corrected chi connectivity index (χ3v) is 4.65. The Morgan fingerprint density at radius 1 is 1.32 bits per heavy atom. The van der Waals surface area contributed by atoms with Gasteiger partial charge in [0, 0.05) is 11.8 Å². The zero-order chi connectivity index (χ0) is 20.4. The monoisotopic (exact) mass is 398 g/mol. The van der Waals surface area contributed by atoms with Crippen LogP contribution in [0.2, 0.25) is 5.02 Å². The molecule has 0 saturated heterocycles. The van der Waals surface area contributed by atoms with Gasteiger partial charge in [-0.15, -0.1) is 0 Å². The smallest absolute Gasteiger partial charge is 0.269 e. The van der Waals surface area contributed by atoms with Crippen LogP contribution in [-0.4, -0.2) is 30.6 Å². The molecule has 0 saturated carbocycles. The summed E-state index contributed by atoms with van der Waals surface area (Å²) < 4.78 is 3.33. The molecular formula is C19H19ClN6O2. The zero-order valence-corrected chi connectivity index (χ0v) is 16.1. The standard InChI is InChI=1S/C19H19ClN6O2/c1-11(26-18(12(2)27)8-17(24-26)19(22)28)10-25-6-5-16(23-25)13-3-4-14(9-21)15(20)7-13/h3-8,11-12,27H,10H2,1-2H3,(H2,22,28)/t11-,12+/m0/s1. The van der Waals surface area contributed by atoms with Gasteiger partial charge in [0.25, 0.3) is 5.91 Å². The van der Waals surface area contributed by atoms with Crippen molar-refractivity contribution in [1.29, 1.82) is 5.26 Å². The van der Waals surface area contributed by atoms with Crippen molar-refractivity contribution in [1.82, 2.24) is 19.6 Å². The summed E-state index contributed by atoms with van der Waals surface area (Å²) in [6, 6.07) is 10.3. The van der Waals surface area contributed by atoms with Crippen LogP contribution >= 0.6 is 11.6 Å². The molecule has 0 unspecified atom stereocenters. The van der Waals surface area contributed by atoms with E-state index < -0.39 is 12.0 Å². The average molecular weight is 399 g/mol. The molecule has 0 aliphatic rings. The molecule has 8 nitrogen and oxygen atoms in total. The summed E-state index contributed by atoms with van der Waals surface area (Å²) in [6.45, 7) is 3.97. The summed E-state index contributed by atoms with van der Waals surface area (Å²) in [4.78, 5) is 11.4. The second-order valence-corrected chi connectivity index (χ2v) is 6.92. The van der Waals surface area contributed by atoms with E-state index in [4.69, 9.17) is 22.6 Å². The number of nitrogens with zero attached hydrogens (tertiary/aromatic N) is 5. The van der Waals surface area contributed by atoms with Crippen molar-refractivity contribution in [3.05, 3.63) is 58.5 Å². The van der Waals surface area contributed by atoms with Crippen molar-refractivity contribution in [3.63, 3.8) is 0 Å². The molecule has 28 heavy (non-hydrogen) atoms. The van der Waals surface area contributed by atoms with Crippen LogP contribution in [0.25, 0.3) is 11.3 Å². The predicted octanol–water partition coefficient (Wildman–Crippen LogP) is 2.69. The van der Waals surface area contributed by atoms with Gasteiger partial charge >= 0.3 is 0 Å². The van der Waals surface area contributed by atoms with E-state index in [1.807, 2.05) is 25.3 Å². The fourth-order valence-electron chi connectivity index (χ4n) is 2.92. The van der Waals surface area contributed by atoms with Gasteiger partial charge in [0.2, 0.25) is 0 Å². The molecule has 0 bridgehead atoms. The molecule has 1 aromatic carbocycles. The molecule has 3 rings (SSSR count). The highest BCUT2D eigenvalue weighted by atomic mass is 35.5. The van der Waals surface area contributed by atoms with E-state index in [1.165, 1.54) is 6.07 Å². The maximum absolute atomic E-state index is 11.4. The Morgan fingerprint density at radius 2 is 2.07 bits per heavy atom. The van der Waals surface area contributed by atoms with Crippen LogP contribution in [0.5, 0.6) is 0 Å². The van der Waals surface area contributed by atoms with E-state index in [0.717, 1.165) is 5.56 Å². The summed E-state index contributed by atoms with van der Waals surface area (Å²) in [5.74, 6) is -0.646. The van der Waals surface area contributed by atoms with E-state index in [1.54, 1.807) is 34.5 Å². The molecule has 144 valence electrons. The number of hydrogen-bond donors (Lipinski definition) is 2. The average Bonchev–Trinajstić information content (AvgIpc) is 3.29. The Bertz CT molecular complexity index is 1060. The van der Waals surface area contributed by atoms with Crippen molar-refractivity contribution >= 4 is 17.5 Å². The number of carbonyl (C=O) groups is 1. The van der Waals surface area contributed by atoms with Crippen LogP contribution in [0, 0.1) is 11.3 Å². The highest BCUT2D eigenvalue weighted by Crippen LogP contribution is 2.25. The van der Waals surface area contributed by atoms with Gasteiger partial charge in [0.1, 0.15) is 11.8 Å². The lowest BCUT2D eigenvalue weighted by atomic mass is 10.1. The van der Waals surface area contributed by atoms with Gasteiger partial charge in [-0.25, -0.2) is 0 Å². The van der Waals surface area contributed by atoms with Crippen molar-refractivity contribution < 1.29 is 9.90 Å². The lowest BCUT2D eigenvalue weighted by Gasteiger charge is -2.17. The fourth-order valence-corrected chi connectivity index (χ4v) is 3.15. The molecule has 1 amide bonds. The molecule has 9 heteroatoms. The second-order valence-electron chi connectivity index (χ2n) is 6.52. The highest BCUT2D eigenvalue weighted by Gasteiger charge is 2.19. The number of nitriles is 1. The lowest BCUT2D eigenvalue weighted by Crippen LogP contribution is -2.19. The third-order valence-electron chi connectivity index (χ3n) is 4.34. The second kappa shape index (κ2) is 7.84. The predicted molar refractivity (Wildman–Crippen MR) is 103 cm³/mol. The SMILES string of the molecule is C[C@@H](O)c1cc(C(N)=O)nn1[C@@H](C)Cn1ccc(-c2ccc(C#N)c(Cl)c2)n1. The van der Waals surface area contributed by atoms with Crippen molar-refractivity contribution in [2.45, 2.75) is 32.5 Å². The largest absolute Gasteiger partial charge is 0.387 e. The van der Waals surface area contributed by atoms with E-state index in [-0.39, 0.29) is 11.7 Å². The van der Waals surface area contributed by atoms with Crippen molar-refractivity contribution in [3.8, 4) is 17.3 Å². The third kappa shape index (κ3) is 3.91. The van der Waals surface area contributed by atoms with Gasteiger partial charge in [-0.3, -0.25) is 14.2 Å². The first-order valence-electron chi connectivity index (χ1n) is 8.61. The summed E-state index contributed by atoms with van der Waals surface area (Å²) in [5, 5.41) is 28.1. The van der Waals surface area contributed by atoms with Crippen LogP contribution < -0.4 is 5.73 Å². The molecule has 2 aromatic heterocycles. The number of rotatable bonds is 6. The Labute approximate surface area is 166 Å². The Morgan fingerprint density at radius 3 is 2.68 bits per heavy atom. The van der Waals surface area contributed by atoms with E-state index in [9.17, 15) is 9.90 Å². The molecule has 0 spiro atoms. The molecule has 0 aliphatic heterocycles. The van der Waals surface area contributed by atoms with Gasteiger partial charge in [-0.1, -0.05) is 17.7 Å². The molecular weight excluding hydrogens is 380 g/mol. The minimum absolute atomic E-state index is 0.108. The lowest BCUT2D eigenvalue weighted by molar-refractivity contribution is 0.0994. The van der Waals surface area contributed by atoms with Gasteiger partial charge in [-0.2, -0.15) is 15.5 Å². The molecule has 0 radical (unpaired) electrons. The minimum atomic E-state index is -0.794. The number of aromatic nitrogens is 4. The van der Waals surface area contributed by atoms with E-state index in [0.29, 0.717) is 28.5 Å². The van der Waals surface area contributed by atoms with Crippen LogP contribution in [-0.2, 0) is 6.54 Å². The number of aliphatic hydroxyl groups excluding tert-OH is 1. The Balaban J connectivity index is 1.83. The highest BCUT2D eigenvalue weighted by molar-refractivity contribution is 6.32. The normalized spacial score (nSPS) is 13.1. The molecule has 2 atom stereocenters. The summed E-state index contributed by atoms with van der Waals surface area (Å²) in [5.41, 5.74) is 7.85. The molecule has 0 fully saturated rings. The zero-order valence-electron chi connectivity index (χ0n) is 15.4. The van der Waals surface area contributed by atoms with Gasteiger partial charge < -0.3 is 10.8 Å². The first kappa shape index (κ1) is 19.6. The topological polar surface area (TPSA) is 123 Å².